The lowest BCUT2D eigenvalue weighted by atomic mass is 10.1. The fraction of sp³-hybridized carbons (Fsp3) is 0.450. The van der Waals surface area contributed by atoms with Crippen molar-refractivity contribution in [2.45, 2.75) is 31.9 Å². The van der Waals surface area contributed by atoms with Crippen LogP contribution in [0.25, 0.3) is 11.3 Å². The van der Waals surface area contributed by atoms with Crippen LogP contribution in [-0.2, 0) is 16.0 Å². The van der Waals surface area contributed by atoms with Gasteiger partial charge < -0.3 is 19.4 Å². The molecular formula is C20H26N2O3. The van der Waals surface area contributed by atoms with E-state index < -0.39 is 0 Å². The number of hydrogen-bond donors (Lipinski definition) is 1. The Balaban J connectivity index is 1.52. The van der Waals surface area contributed by atoms with E-state index in [1.54, 1.807) is 7.11 Å². The van der Waals surface area contributed by atoms with Gasteiger partial charge in [-0.2, -0.15) is 0 Å². The van der Waals surface area contributed by atoms with Crippen LogP contribution in [0, 0.1) is 6.92 Å². The first-order valence-corrected chi connectivity index (χ1v) is 8.71. The summed E-state index contributed by atoms with van der Waals surface area (Å²) in [6.45, 7) is 3.73. The Bertz CT molecular complexity index is 708. The van der Waals surface area contributed by atoms with Gasteiger partial charge in [-0.1, -0.05) is 29.8 Å². The molecule has 2 atom stereocenters. The summed E-state index contributed by atoms with van der Waals surface area (Å²) in [5.41, 5.74) is 2.28. The van der Waals surface area contributed by atoms with Crippen molar-refractivity contribution in [1.29, 1.82) is 0 Å². The molecule has 2 heterocycles. The number of amides is 1. The molecule has 1 saturated heterocycles. The quantitative estimate of drug-likeness (QED) is 0.877. The zero-order chi connectivity index (χ0) is 17.8. The Hall–Kier alpha value is -2.11. The maximum atomic E-state index is 12.2. The number of nitrogens with zero attached hydrogens (tertiary/aromatic N) is 1. The molecule has 1 aliphatic rings. The normalized spacial score (nSPS) is 20.8. The summed E-state index contributed by atoms with van der Waals surface area (Å²) in [5, 5.41) is 3.08. The highest BCUT2D eigenvalue weighted by atomic mass is 16.5. The Labute approximate surface area is 149 Å². The smallest absolute Gasteiger partial charge is 0.220 e. The minimum Gasteiger partial charge on any atom is -0.461 e. The van der Waals surface area contributed by atoms with Crippen LogP contribution in [0.15, 0.2) is 40.8 Å². The minimum absolute atomic E-state index is 0.0376. The molecular weight excluding hydrogens is 316 g/mol. The van der Waals surface area contributed by atoms with Crippen molar-refractivity contribution in [1.82, 2.24) is 10.2 Å². The molecule has 1 amide bonds. The number of likely N-dealkylation sites (tertiary alicyclic amines) is 1. The van der Waals surface area contributed by atoms with Gasteiger partial charge in [-0.15, -0.1) is 0 Å². The molecule has 0 aliphatic carbocycles. The largest absolute Gasteiger partial charge is 0.461 e. The van der Waals surface area contributed by atoms with Crippen molar-refractivity contribution < 1.29 is 13.9 Å². The highest BCUT2D eigenvalue weighted by Gasteiger charge is 2.31. The van der Waals surface area contributed by atoms with Gasteiger partial charge in [0.25, 0.3) is 0 Å². The van der Waals surface area contributed by atoms with Crippen molar-refractivity contribution in [3.8, 4) is 11.3 Å². The molecule has 1 N–H and O–H groups in total. The molecule has 134 valence electrons. The molecule has 2 aromatic rings. The van der Waals surface area contributed by atoms with Crippen LogP contribution in [0.3, 0.4) is 0 Å². The van der Waals surface area contributed by atoms with E-state index in [-0.39, 0.29) is 18.1 Å². The lowest BCUT2D eigenvalue weighted by Gasteiger charge is -2.18. The second-order valence-electron chi connectivity index (χ2n) is 6.80. The van der Waals surface area contributed by atoms with Crippen molar-refractivity contribution in [3.63, 3.8) is 0 Å². The van der Waals surface area contributed by atoms with Crippen LogP contribution >= 0.6 is 0 Å². The lowest BCUT2D eigenvalue weighted by molar-refractivity contribution is -0.122. The van der Waals surface area contributed by atoms with E-state index in [4.69, 9.17) is 9.15 Å². The van der Waals surface area contributed by atoms with Gasteiger partial charge in [0, 0.05) is 38.6 Å². The third-order valence-electron chi connectivity index (χ3n) is 4.69. The van der Waals surface area contributed by atoms with E-state index >= 15 is 0 Å². The van der Waals surface area contributed by atoms with Gasteiger partial charge in [-0.05, 0) is 26.1 Å². The number of nitrogens with one attached hydrogen (secondary N) is 1. The van der Waals surface area contributed by atoms with Crippen LogP contribution < -0.4 is 5.32 Å². The second-order valence-corrected chi connectivity index (χ2v) is 6.80. The summed E-state index contributed by atoms with van der Waals surface area (Å²) in [6, 6.07) is 12.2. The van der Waals surface area contributed by atoms with Gasteiger partial charge in [0.1, 0.15) is 11.5 Å². The summed E-state index contributed by atoms with van der Waals surface area (Å²) >= 11 is 0. The number of furan rings is 1. The number of carbonyl (C=O) groups excluding carboxylic acids is 1. The number of carbonyl (C=O) groups is 1. The molecule has 25 heavy (non-hydrogen) atoms. The first kappa shape index (κ1) is 17.7. The van der Waals surface area contributed by atoms with Gasteiger partial charge in [0.05, 0.1) is 12.1 Å². The second kappa shape index (κ2) is 7.85. The summed E-state index contributed by atoms with van der Waals surface area (Å²) in [7, 11) is 3.73. The van der Waals surface area contributed by atoms with Gasteiger partial charge in [-0.3, -0.25) is 4.79 Å². The van der Waals surface area contributed by atoms with E-state index in [0.29, 0.717) is 12.8 Å². The molecule has 1 aliphatic heterocycles. The highest BCUT2D eigenvalue weighted by molar-refractivity contribution is 5.76. The zero-order valence-electron chi connectivity index (χ0n) is 15.1. The summed E-state index contributed by atoms with van der Waals surface area (Å²) in [4.78, 5) is 14.4. The lowest BCUT2D eigenvalue weighted by Crippen LogP contribution is -2.43. The monoisotopic (exact) mass is 342 g/mol. The standard InChI is InChI=1S/C20H26N2O3/c1-14-4-6-15(7-5-14)18-10-8-16(25-18)9-11-20(23)21-17-12-22(2)13-19(17)24-3/h4-8,10,17,19H,9,11-13H2,1-3H3,(H,21,23)/t17-,19-/m0/s1. The van der Waals surface area contributed by atoms with Crippen molar-refractivity contribution in [2.24, 2.45) is 0 Å². The van der Waals surface area contributed by atoms with Crippen LogP contribution in [0.2, 0.25) is 0 Å². The topological polar surface area (TPSA) is 54.7 Å². The highest BCUT2D eigenvalue weighted by Crippen LogP contribution is 2.23. The molecule has 0 unspecified atom stereocenters. The van der Waals surface area contributed by atoms with Crippen LogP contribution in [-0.4, -0.2) is 50.2 Å². The minimum atomic E-state index is 0.0376. The summed E-state index contributed by atoms with van der Waals surface area (Å²) < 4.78 is 11.3. The summed E-state index contributed by atoms with van der Waals surface area (Å²) in [6.07, 6.45) is 1.07. The molecule has 0 bridgehead atoms. The van der Waals surface area contributed by atoms with Crippen molar-refractivity contribution in [3.05, 3.63) is 47.7 Å². The predicted octanol–water partition coefficient (Wildman–Crippen LogP) is 2.63. The molecule has 1 aromatic heterocycles. The Morgan fingerprint density at radius 3 is 2.72 bits per heavy atom. The van der Waals surface area contributed by atoms with Crippen molar-refractivity contribution in [2.75, 3.05) is 27.2 Å². The van der Waals surface area contributed by atoms with Gasteiger partial charge in [0.15, 0.2) is 0 Å². The van der Waals surface area contributed by atoms with Gasteiger partial charge in [-0.25, -0.2) is 0 Å². The number of hydrogen-bond acceptors (Lipinski definition) is 4. The van der Waals surface area contributed by atoms with Gasteiger partial charge in [0.2, 0.25) is 5.91 Å². The van der Waals surface area contributed by atoms with E-state index in [2.05, 4.69) is 29.3 Å². The van der Waals surface area contributed by atoms with E-state index in [1.807, 2.05) is 31.3 Å². The molecule has 5 nitrogen and oxygen atoms in total. The van der Waals surface area contributed by atoms with Gasteiger partial charge >= 0.3 is 0 Å². The first-order valence-electron chi connectivity index (χ1n) is 8.71. The fourth-order valence-electron chi connectivity index (χ4n) is 3.24. The number of likely N-dealkylation sites (N-methyl/N-ethyl adjacent to an activating group) is 1. The molecule has 0 saturated carbocycles. The maximum Gasteiger partial charge on any atom is 0.220 e. The van der Waals surface area contributed by atoms with Crippen LogP contribution in [0.5, 0.6) is 0 Å². The molecule has 3 rings (SSSR count). The maximum absolute atomic E-state index is 12.2. The fourth-order valence-corrected chi connectivity index (χ4v) is 3.24. The molecule has 1 aromatic carbocycles. The number of ether oxygens (including phenoxy) is 1. The number of methoxy groups -OCH3 is 1. The van der Waals surface area contributed by atoms with Crippen LogP contribution in [0.1, 0.15) is 17.7 Å². The third kappa shape index (κ3) is 4.50. The number of aryl methyl sites for hydroxylation is 2. The van der Waals surface area contributed by atoms with Crippen molar-refractivity contribution >= 4 is 5.91 Å². The van der Waals surface area contributed by atoms with E-state index in [0.717, 1.165) is 30.2 Å². The number of rotatable bonds is 6. The number of benzene rings is 1. The van der Waals surface area contributed by atoms with Crippen LogP contribution in [0.4, 0.5) is 0 Å². The average molecular weight is 342 g/mol. The Morgan fingerprint density at radius 1 is 1.24 bits per heavy atom. The molecule has 0 spiro atoms. The molecule has 5 heteroatoms. The summed E-state index contributed by atoms with van der Waals surface area (Å²) in [5.74, 6) is 1.71. The first-order chi connectivity index (χ1) is 12.0. The average Bonchev–Trinajstić information content (AvgIpc) is 3.20. The third-order valence-corrected chi connectivity index (χ3v) is 4.69. The molecule has 1 fully saturated rings. The van der Waals surface area contributed by atoms with E-state index in [1.165, 1.54) is 5.56 Å². The molecule has 0 radical (unpaired) electrons. The SMILES string of the molecule is CO[C@H]1CN(C)C[C@@H]1NC(=O)CCc1ccc(-c2ccc(C)cc2)o1. The Morgan fingerprint density at radius 2 is 2.00 bits per heavy atom. The van der Waals surface area contributed by atoms with E-state index in [9.17, 15) is 4.79 Å². The zero-order valence-corrected chi connectivity index (χ0v) is 15.1. The Kier molecular flexibility index (Phi) is 5.56. The predicted molar refractivity (Wildman–Crippen MR) is 97.4 cm³/mol.